The van der Waals surface area contributed by atoms with Crippen molar-refractivity contribution in [2.24, 2.45) is 0 Å². The van der Waals surface area contributed by atoms with Gasteiger partial charge in [0.1, 0.15) is 0 Å². The van der Waals surface area contributed by atoms with Crippen molar-refractivity contribution in [3.63, 3.8) is 0 Å². The third-order valence-corrected chi connectivity index (χ3v) is 3.70. The van der Waals surface area contributed by atoms with Crippen molar-refractivity contribution >= 4 is 10.9 Å². The van der Waals surface area contributed by atoms with Crippen LogP contribution in [0.3, 0.4) is 0 Å². The minimum absolute atomic E-state index is 0.258. The SMILES string of the molecule is COc1cc2nc(-c3cccnc3)nc(C(C)C)c2cc1OC. The van der Waals surface area contributed by atoms with Gasteiger partial charge < -0.3 is 9.47 Å². The average Bonchev–Trinajstić information content (AvgIpc) is 2.60. The zero-order valence-electron chi connectivity index (χ0n) is 13.7. The normalized spacial score (nSPS) is 11.0. The van der Waals surface area contributed by atoms with Gasteiger partial charge in [-0.2, -0.15) is 0 Å². The van der Waals surface area contributed by atoms with Crippen LogP contribution in [0, 0.1) is 0 Å². The second-order valence-corrected chi connectivity index (χ2v) is 5.55. The van der Waals surface area contributed by atoms with E-state index in [1.807, 2.05) is 24.3 Å². The van der Waals surface area contributed by atoms with E-state index in [2.05, 4.69) is 23.8 Å². The molecule has 3 rings (SSSR count). The lowest BCUT2D eigenvalue weighted by molar-refractivity contribution is 0.355. The molecule has 0 atom stereocenters. The molecule has 5 nitrogen and oxygen atoms in total. The van der Waals surface area contributed by atoms with E-state index in [4.69, 9.17) is 14.5 Å². The van der Waals surface area contributed by atoms with Gasteiger partial charge in [0.05, 0.1) is 25.4 Å². The van der Waals surface area contributed by atoms with Crippen molar-refractivity contribution in [2.75, 3.05) is 14.2 Å². The molecule has 5 heteroatoms. The third-order valence-electron chi connectivity index (χ3n) is 3.70. The van der Waals surface area contributed by atoms with E-state index in [1.165, 1.54) is 0 Å². The van der Waals surface area contributed by atoms with Crippen LogP contribution in [0.15, 0.2) is 36.7 Å². The van der Waals surface area contributed by atoms with Gasteiger partial charge >= 0.3 is 0 Å². The zero-order valence-corrected chi connectivity index (χ0v) is 13.7. The van der Waals surface area contributed by atoms with Gasteiger partial charge in [-0.25, -0.2) is 9.97 Å². The predicted octanol–water partition coefficient (Wildman–Crippen LogP) is 3.83. The first-order valence-corrected chi connectivity index (χ1v) is 7.48. The van der Waals surface area contributed by atoms with Gasteiger partial charge in [-0.1, -0.05) is 13.8 Å². The zero-order chi connectivity index (χ0) is 16.4. The first-order valence-electron chi connectivity index (χ1n) is 7.48. The van der Waals surface area contributed by atoms with E-state index in [0.717, 1.165) is 22.2 Å². The van der Waals surface area contributed by atoms with E-state index >= 15 is 0 Å². The second-order valence-electron chi connectivity index (χ2n) is 5.55. The highest BCUT2D eigenvalue weighted by atomic mass is 16.5. The van der Waals surface area contributed by atoms with Crippen LogP contribution >= 0.6 is 0 Å². The van der Waals surface area contributed by atoms with Gasteiger partial charge in [0.25, 0.3) is 0 Å². The highest BCUT2D eigenvalue weighted by Gasteiger charge is 2.16. The van der Waals surface area contributed by atoms with Crippen molar-refractivity contribution in [2.45, 2.75) is 19.8 Å². The van der Waals surface area contributed by atoms with E-state index in [0.29, 0.717) is 17.3 Å². The van der Waals surface area contributed by atoms with Crippen molar-refractivity contribution < 1.29 is 9.47 Å². The third kappa shape index (κ3) is 2.82. The molecule has 0 N–H and O–H groups in total. The van der Waals surface area contributed by atoms with Crippen molar-refractivity contribution in [3.05, 3.63) is 42.4 Å². The Bertz CT molecular complexity index is 833. The monoisotopic (exact) mass is 309 g/mol. The molecule has 0 bridgehead atoms. The quantitative estimate of drug-likeness (QED) is 0.733. The fourth-order valence-electron chi connectivity index (χ4n) is 2.54. The Balaban J connectivity index is 2.30. The summed E-state index contributed by atoms with van der Waals surface area (Å²) in [7, 11) is 3.25. The van der Waals surface area contributed by atoms with Gasteiger partial charge in [0.15, 0.2) is 17.3 Å². The number of rotatable bonds is 4. The molecule has 118 valence electrons. The standard InChI is InChI=1S/C18H19N3O2/c1-11(2)17-13-8-15(22-3)16(23-4)9-14(13)20-18(21-17)12-6-5-7-19-10-12/h5-11H,1-4H3. The number of pyridine rings is 1. The molecular formula is C18H19N3O2. The number of hydrogen-bond donors (Lipinski definition) is 0. The van der Waals surface area contributed by atoms with Gasteiger partial charge in [-0.3, -0.25) is 4.98 Å². The molecule has 1 aromatic carbocycles. The summed E-state index contributed by atoms with van der Waals surface area (Å²) in [6, 6.07) is 7.67. The summed E-state index contributed by atoms with van der Waals surface area (Å²) >= 11 is 0. The number of ether oxygens (including phenoxy) is 2. The Morgan fingerprint density at radius 1 is 1.00 bits per heavy atom. The summed E-state index contributed by atoms with van der Waals surface area (Å²) in [6.45, 7) is 4.23. The van der Waals surface area contributed by atoms with Crippen molar-refractivity contribution in [1.82, 2.24) is 15.0 Å². The lowest BCUT2D eigenvalue weighted by Gasteiger charge is -2.14. The molecule has 0 aliphatic rings. The van der Waals surface area contributed by atoms with Crippen LogP contribution < -0.4 is 9.47 Å². The number of nitrogens with zero attached hydrogens (tertiary/aromatic N) is 3. The second kappa shape index (κ2) is 6.20. The number of hydrogen-bond acceptors (Lipinski definition) is 5. The molecule has 2 aromatic heterocycles. The highest BCUT2D eigenvalue weighted by Crippen LogP contribution is 2.35. The van der Waals surface area contributed by atoms with Crippen molar-refractivity contribution in [3.8, 4) is 22.9 Å². The first kappa shape index (κ1) is 15.2. The molecule has 0 radical (unpaired) electrons. The minimum atomic E-state index is 0.258. The summed E-state index contributed by atoms with van der Waals surface area (Å²) < 4.78 is 10.8. The van der Waals surface area contributed by atoms with Crippen LogP contribution in [0.1, 0.15) is 25.5 Å². The Morgan fingerprint density at radius 2 is 1.74 bits per heavy atom. The van der Waals surface area contributed by atoms with E-state index in [-0.39, 0.29) is 5.92 Å². The Kier molecular flexibility index (Phi) is 4.10. The van der Waals surface area contributed by atoms with Crippen molar-refractivity contribution in [1.29, 1.82) is 0 Å². The molecular weight excluding hydrogens is 290 g/mol. The maximum absolute atomic E-state index is 5.40. The summed E-state index contributed by atoms with van der Waals surface area (Å²) in [5, 5.41) is 0.977. The molecule has 3 aromatic rings. The molecule has 0 aliphatic heterocycles. The number of benzene rings is 1. The Hall–Kier alpha value is -2.69. The van der Waals surface area contributed by atoms with Crippen LogP contribution in [0.2, 0.25) is 0 Å². The molecule has 0 unspecified atom stereocenters. The molecule has 0 amide bonds. The van der Waals surface area contributed by atoms with Crippen LogP contribution in [0.25, 0.3) is 22.3 Å². The number of aromatic nitrogens is 3. The lowest BCUT2D eigenvalue weighted by Crippen LogP contribution is -2.01. The molecule has 0 saturated heterocycles. The predicted molar refractivity (Wildman–Crippen MR) is 90.0 cm³/mol. The summed E-state index contributed by atoms with van der Waals surface area (Å²) in [5.41, 5.74) is 2.71. The van der Waals surface area contributed by atoms with E-state index in [9.17, 15) is 0 Å². The van der Waals surface area contributed by atoms with Crippen LogP contribution in [0.4, 0.5) is 0 Å². The minimum Gasteiger partial charge on any atom is -0.493 e. The highest BCUT2D eigenvalue weighted by molar-refractivity contribution is 5.86. The topological polar surface area (TPSA) is 57.1 Å². The Morgan fingerprint density at radius 3 is 2.35 bits per heavy atom. The number of methoxy groups -OCH3 is 2. The Labute approximate surface area is 135 Å². The summed E-state index contributed by atoms with van der Waals surface area (Å²) in [6.07, 6.45) is 3.51. The number of fused-ring (bicyclic) bond motifs is 1. The van der Waals surface area contributed by atoms with Gasteiger partial charge in [-0.05, 0) is 24.1 Å². The van der Waals surface area contributed by atoms with Gasteiger partial charge in [-0.15, -0.1) is 0 Å². The molecule has 2 heterocycles. The lowest BCUT2D eigenvalue weighted by atomic mass is 10.0. The average molecular weight is 309 g/mol. The maximum Gasteiger partial charge on any atom is 0.162 e. The van der Waals surface area contributed by atoms with E-state index < -0.39 is 0 Å². The summed E-state index contributed by atoms with van der Waals surface area (Å²) in [4.78, 5) is 13.6. The fourth-order valence-corrected chi connectivity index (χ4v) is 2.54. The van der Waals surface area contributed by atoms with Gasteiger partial charge in [0.2, 0.25) is 0 Å². The smallest absolute Gasteiger partial charge is 0.162 e. The van der Waals surface area contributed by atoms with Gasteiger partial charge in [0, 0.05) is 29.4 Å². The fraction of sp³-hybridized carbons (Fsp3) is 0.278. The van der Waals surface area contributed by atoms with Crippen LogP contribution in [0.5, 0.6) is 11.5 Å². The maximum atomic E-state index is 5.40. The van der Waals surface area contributed by atoms with E-state index in [1.54, 1.807) is 26.6 Å². The van der Waals surface area contributed by atoms with Crippen LogP contribution in [-0.2, 0) is 0 Å². The largest absolute Gasteiger partial charge is 0.493 e. The molecule has 23 heavy (non-hydrogen) atoms. The molecule has 0 aliphatic carbocycles. The molecule has 0 fully saturated rings. The van der Waals surface area contributed by atoms with Crippen LogP contribution in [-0.4, -0.2) is 29.2 Å². The molecule has 0 spiro atoms. The first-order chi connectivity index (χ1) is 11.1. The summed E-state index contributed by atoms with van der Waals surface area (Å²) in [5.74, 6) is 2.26. The molecule has 0 saturated carbocycles.